The average molecular weight is 458 g/mol. The molecule has 7 nitrogen and oxygen atoms in total. The molecule has 10 heteroatoms. The van der Waals surface area contributed by atoms with Gasteiger partial charge in [-0.05, 0) is 42.5 Å². The summed E-state index contributed by atoms with van der Waals surface area (Å²) in [5, 5.41) is 19.8. The monoisotopic (exact) mass is 458 g/mol. The Balaban J connectivity index is 1.67. The van der Waals surface area contributed by atoms with Gasteiger partial charge in [-0.25, -0.2) is 0 Å². The van der Waals surface area contributed by atoms with Crippen LogP contribution in [0.4, 0.5) is 24.7 Å². The predicted octanol–water partition coefficient (Wildman–Crippen LogP) is 4.93. The van der Waals surface area contributed by atoms with Crippen LogP contribution in [0.2, 0.25) is 0 Å². The number of nitriles is 1. The van der Waals surface area contributed by atoms with Crippen LogP contribution in [-0.4, -0.2) is 27.0 Å². The zero-order valence-electron chi connectivity index (χ0n) is 18.3. The van der Waals surface area contributed by atoms with Crippen molar-refractivity contribution in [2.45, 2.75) is 57.4 Å². The quantitative estimate of drug-likeness (QED) is 0.444. The number of halogens is 3. The summed E-state index contributed by atoms with van der Waals surface area (Å²) in [6.07, 6.45) is -0.599. The van der Waals surface area contributed by atoms with Crippen molar-refractivity contribution in [3.63, 3.8) is 0 Å². The largest absolute Gasteiger partial charge is 0.407 e. The Labute approximate surface area is 188 Å². The van der Waals surface area contributed by atoms with E-state index in [1.54, 1.807) is 24.6 Å². The van der Waals surface area contributed by atoms with E-state index in [0.29, 0.717) is 28.3 Å². The number of nitrogens with zero attached hydrogens (tertiary/aromatic N) is 3. The molecule has 174 valence electrons. The van der Waals surface area contributed by atoms with Crippen molar-refractivity contribution < 1.29 is 13.2 Å². The molecule has 3 N–H and O–H groups in total. The van der Waals surface area contributed by atoms with E-state index in [9.17, 15) is 23.2 Å². The highest BCUT2D eigenvalue weighted by Gasteiger charge is 2.41. The van der Waals surface area contributed by atoms with Crippen LogP contribution in [0.15, 0.2) is 41.3 Å². The maximum absolute atomic E-state index is 13.5. The molecule has 0 bridgehead atoms. The van der Waals surface area contributed by atoms with E-state index in [-0.39, 0.29) is 29.6 Å². The lowest BCUT2D eigenvalue weighted by atomic mass is 10.1. The van der Waals surface area contributed by atoms with Gasteiger partial charge >= 0.3 is 6.18 Å². The molecule has 1 aliphatic rings. The molecule has 0 unspecified atom stereocenters. The smallest absolute Gasteiger partial charge is 0.338 e. The number of rotatable bonds is 8. The molecule has 1 aromatic carbocycles. The van der Waals surface area contributed by atoms with Crippen molar-refractivity contribution in [2.75, 3.05) is 5.32 Å². The molecular weight excluding hydrogens is 433 g/mol. The van der Waals surface area contributed by atoms with Crippen LogP contribution >= 0.6 is 0 Å². The van der Waals surface area contributed by atoms with Gasteiger partial charge in [0.1, 0.15) is 11.4 Å². The van der Waals surface area contributed by atoms with Crippen molar-refractivity contribution in [1.29, 1.82) is 5.26 Å². The molecule has 2 aromatic heterocycles. The van der Waals surface area contributed by atoms with Crippen molar-refractivity contribution in [3.05, 3.63) is 52.4 Å². The normalized spacial score (nSPS) is 16.0. The van der Waals surface area contributed by atoms with E-state index in [4.69, 9.17) is 0 Å². The molecule has 0 amide bonds. The number of hydrogen-bond donors (Lipinski definition) is 3. The summed E-state index contributed by atoms with van der Waals surface area (Å²) in [7, 11) is 0. The van der Waals surface area contributed by atoms with E-state index >= 15 is 0 Å². The summed E-state index contributed by atoms with van der Waals surface area (Å²) < 4.78 is 42.2. The summed E-state index contributed by atoms with van der Waals surface area (Å²) in [4.78, 5) is 15.2. The van der Waals surface area contributed by atoms with Crippen LogP contribution in [-0.2, 0) is 0 Å². The minimum Gasteiger partial charge on any atom is -0.338 e. The van der Waals surface area contributed by atoms with Crippen molar-refractivity contribution in [2.24, 2.45) is 5.92 Å². The Morgan fingerprint density at radius 1 is 1.24 bits per heavy atom. The van der Waals surface area contributed by atoms with Gasteiger partial charge in [-0.2, -0.15) is 23.5 Å². The number of benzene rings is 1. The molecule has 0 aliphatic heterocycles. The minimum atomic E-state index is -4.43. The topological polar surface area (TPSA) is 98.5 Å². The third-order valence-corrected chi connectivity index (χ3v) is 5.74. The fourth-order valence-corrected chi connectivity index (χ4v) is 4.08. The summed E-state index contributed by atoms with van der Waals surface area (Å²) in [5.74, 6) is 0.641. The van der Waals surface area contributed by atoms with Gasteiger partial charge in [0, 0.05) is 17.9 Å². The SMILES string of the molecule is CC(C)N[C@@H](c1ccc(Nc2nn([C@@H](CC#N)C3CC3)c3cc[nH]c(=O)c23)cc1)C(F)(F)F. The van der Waals surface area contributed by atoms with Gasteiger partial charge < -0.3 is 15.6 Å². The van der Waals surface area contributed by atoms with Gasteiger partial charge in [-0.15, -0.1) is 0 Å². The molecule has 33 heavy (non-hydrogen) atoms. The first kappa shape index (κ1) is 22.9. The Morgan fingerprint density at radius 2 is 1.94 bits per heavy atom. The number of H-pyrrole nitrogens is 1. The molecule has 1 saturated carbocycles. The molecule has 0 spiro atoms. The van der Waals surface area contributed by atoms with Gasteiger partial charge in [0.05, 0.1) is 24.0 Å². The molecule has 0 radical (unpaired) electrons. The third-order valence-electron chi connectivity index (χ3n) is 5.74. The number of aromatic nitrogens is 3. The first-order chi connectivity index (χ1) is 15.7. The number of pyridine rings is 1. The lowest BCUT2D eigenvalue weighted by molar-refractivity contribution is -0.159. The molecule has 1 aliphatic carbocycles. The summed E-state index contributed by atoms with van der Waals surface area (Å²) in [6, 6.07) is 7.57. The molecule has 3 aromatic rings. The van der Waals surface area contributed by atoms with Gasteiger partial charge in [0.25, 0.3) is 5.56 Å². The van der Waals surface area contributed by atoms with Gasteiger partial charge in [-0.1, -0.05) is 26.0 Å². The van der Waals surface area contributed by atoms with E-state index in [0.717, 1.165) is 12.8 Å². The highest BCUT2D eigenvalue weighted by atomic mass is 19.4. The van der Waals surface area contributed by atoms with Gasteiger partial charge in [-0.3, -0.25) is 9.48 Å². The number of nitrogens with one attached hydrogen (secondary N) is 3. The number of hydrogen-bond acceptors (Lipinski definition) is 5. The highest BCUT2D eigenvalue weighted by Crippen LogP contribution is 2.43. The Morgan fingerprint density at radius 3 is 2.52 bits per heavy atom. The van der Waals surface area contributed by atoms with Crippen LogP contribution in [0.3, 0.4) is 0 Å². The average Bonchev–Trinajstić information content (AvgIpc) is 3.52. The fraction of sp³-hybridized carbons (Fsp3) is 0.435. The van der Waals surface area contributed by atoms with E-state index in [1.807, 2.05) is 0 Å². The predicted molar refractivity (Wildman–Crippen MR) is 119 cm³/mol. The Bertz CT molecular complexity index is 1220. The Kier molecular flexibility index (Phi) is 6.17. The Hall–Kier alpha value is -3.32. The van der Waals surface area contributed by atoms with Gasteiger partial charge in [0.2, 0.25) is 0 Å². The van der Waals surface area contributed by atoms with E-state index in [2.05, 4.69) is 26.8 Å². The first-order valence-electron chi connectivity index (χ1n) is 10.9. The molecule has 1 fully saturated rings. The number of alkyl halides is 3. The van der Waals surface area contributed by atoms with Gasteiger partial charge in [0.15, 0.2) is 5.82 Å². The van der Waals surface area contributed by atoms with Crippen molar-refractivity contribution in [1.82, 2.24) is 20.1 Å². The lowest BCUT2D eigenvalue weighted by Gasteiger charge is -2.24. The summed E-state index contributed by atoms with van der Waals surface area (Å²) >= 11 is 0. The lowest BCUT2D eigenvalue weighted by Crippen LogP contribution is -2.38. The number of aromatic amines is 1. The second kappa shape index (κ2) is 8.90. The zero-order chi connectivity index (χ0) is 23.8. The van der Waals surface area contributed by atoms with Crippen LogP contribution in [0.1, 0.15) is 50.8 Å². The van der Waals surface area contributed by atoms with E-state index in [1.165, 1.54) is 30.5 Å². The zero-order valence-corrected chi connectivity index (χ0v) is 18.3. The van der Waals surface area contributed by atoms with E-state index < -0.39 is 12.2 Å². The fourth-order valence-electron chi connectivity index (χ4n) is 4.08. The summed E-state index contributed by atoms with van der Waals surface area (Å²) in [6.45, 7) is 3.32. The third kappa shape index (κ3) is 4.88. The standard InChI is InChI=1S/C23H25F3N6O/c1-13(2)29-20(23(24,25)26)15-5-7-16(8-6-15)30-21-19-18(10-12-28-22(19)33)32(31-21)17(9-11-27)14-3-4-14/h5-8,10,12-14,17,20,29H,3-4,9H2,1-2H3,(H,28,33)(H,30,31)/t17-,20-/m0/s1. The highest BCUT2D eigenvalue weighted by molar-refractivity contribution is 5.91. The van der Waals surface area contributed by atoms with Crippen molar-refractivity contribution in [3.8, 4) is 6.07 Å². The summed E-state index contributed by atoms with van der Waals surface area (Å²) in [5.41, 5.74) is 0.881. The molecule has 0 saturated heterocycles. The number of fused-ring (bicyclic) bond motifs is 1. The minimum absolute atomic E-state index is 0.0952. The molecule has 2 atom stereocenters. The van der Waals surface area contributed by atoms with Crippen LogP contribution in [0.5, 0.6) is 0 Å². The second-order valence-electron chi connectivity index (χ2n) is 8.67. The number of anilines is 2. The second-order valence-corrected chi connectivity index (χ2v) is 8.67. The molecule has 2 heterocycles. The molecular formula is C23H25F3N6O. The maximum Gasteiger partial charge on any atom is 0.407 e. The first-order valence-corrected chi connectivity index (χ1v) is 10.9. The molecule has 4 rings (SSSR count). The van der Waals surface area contributed by atoms with Crippen LogP contribution < -0.4 is 16.2 Å². The van der Waals surface area contributed by atoms with Crippen LogP contribution in [0.25, 0.3) is 10.9 Å². The maximum atomic E-state index is 13.5. The van der Waals surface area contributed by atoms with Crippen LogP contribution in [0, 0.1) is 17.2 Å². The van der Waals surface area contributed by atoms with Crippen molar-refractivity contribution >= 4 is 22.4 Å².